The van der Waals surface area contributed by atoms with Crippen molar-refractivity contribution in [3.8, 4) is 10.8 Å². The minimum Gasteiger partial charge on any atom is -0.496 e. The molecule has 0 atom stereocenters. The van der Waals surface area contributed by atoms with Gasteiger partial charge < -0.3 is 24.6 Å². The minimum absolute atomic E-state index is 0. The molecule has 2 saturated heterocycles. The van der Waals surface area contributed by atoms with Gasteiger partial charge in [-0.1, -0.05) is 29.5 Å². The first-order valence-corrected chi connectivity index (χ1v) is 15.4. The number of carbonyl (C=O) groups excluding carboxylic acids is 1. The Kier molecular flexibility index (Phi) is 10.9. The number of aryl methyl sites for hydroxylation is 3. The number of aromatic nitrogens is 5. The first kappa shape index (κ1) is 34.4. The molecule has 244 valence electrons. The summed E-state index contributed by atoms with van der Waals surface area (Å²) in [6, 6.07) is 7.56. The van der Waals surface area contributed by atoms with E-state index in [9.17, 15) is 19.5 Å². The number of ether oxygens (including phenoxy) is 2. The van der Waals surface area contributed by atoms with Crippen LogP contribution in [0.25, 0.3) is 15.2 Å². The maximum atomic E-state index is 14.0. The Morgan fingerprint density at radius 3 is 2.31 bits per heavy atom. The quantitative estimate of drug-likeness (QED) is 0.301. The molecule has 0 bridgehead atoms. The number of aliphatic hydroxyl groups is 2. The molecule has 6 rings (SSSR count). The number of fused-ring (bicyclic) bond motifs is 1. The van der Waals surface area contributed by atoms with Crippen molar-refractivity contribution < 1.29 is 24.5 Å². The Morgan fingerprint density at radius 1 is 1.09 bits per heavy atom. The van der Waals surface area contributed by atoms with Crippen molar-refractivity contribution in [2.24, 2.45) is 0 Å². The number of amides is 1. The molecule has 45 heavy (non-hydrogen) atoms. The molecule has 2 N–H and O–H groups in total. The van der Waals surface area contributed by atoms with E-state index in [-0.39, 0.29) is 39.2 Å². The summed E-state index contributed by atoms with van der Waals surface area (Å²) in [5.41, 5.74) is -1.04. The Labute approximate surface area is 271 Å². The number of aliphatic hydroxyl groups excluding tert-OH is 2. The van der Waals surface area contributed by atoms with E-state index in [2.05, 4.69) is 10.2 Å². The number of carbonyl (C=O) groups is 1. The highest BCUT2D eigenvalue weighted by atomic mass is 32.1. The molecule has 1 aromatic carbocycles. The zero-order valence-electron chi connectivity index (χ0n) is 25.8. The summed E-state index contributed by atoms with van der Waals surface area (Å²) in [6.07, 6.45) is 4.50. The molecule has 2 aliphatic heterocycles. The zero-order valence-corrected chi connectivity index (χ0v) is 27.6. The van der Waals surface area contributed by atoms with Crippen molar-refractivity contribution in [1.82, 2.24) is 29.0 Å². The standard InChI is InChI=1S/C25H28N6O5S.C5H10O2.H2S/c1-15-19-20(33)30(25(2,3)23(34)28-13-17(32)14-28)24(35)29(12-9-16-7-5-6-8-18(16)36-4)22(19)37-21(15)31-26-10-11-27-31;6-5-1-3-7-4-2-5;/h5-8,10-11,17,32H,9,12-14H2,1-4H3;5-6H,1-4H2;1H2. The highest BCUT2D eigenvalue weighted by Crippen LogP contribution is 2.31. The van der Waals surface area contributed by atoms with Crippen LogP contribution in [0.1, 0.15) is 37.8 Å². The summed E-state index contributed by atoms with van der Waals surface area (Å²) in [6.45, 7) is 7.01. The van der Waals surface area contributed by atoms with Crippen LogP contribution in [-0.4, -0.2) is 90.8 Å². The van der Waals surface area contributed by atoms with Crippen molar-refractivity contribution in [2.45, 2.75) is 64.3 Å². The third kappa shape index (κ3) is 6.87. The number of hydrogen-bond acceptors (Lipinski definition) is 10. The van der Waals surface area contributed by atoms with Gasteiger partial charge in [-0.3, -0.25) is 14.2 Å². The molecule has 13 nitrogen and oxygen atoms in total. The van der Waals surface area contributed by atoms with Gasteiger partial charge in [-0.05, 0) is 51.7 Å². The van der Waals surface area contributed by atoms with Gasteiger partial charge in [0.25, 0.3) is 5.56 Å². The summed E-state index contributed by atoms with van der Waals surface area (Å²) < 4.78 is 13.1. The lowest BCUT2D eigenvalue weighted by Gasteiger charge is -2.41. The number of nitrogens with zero attached hydrogens (tertiary/aromatic N) is 6. The average molecular weight is 661 g/mol. The van der Waals surface area contributed by atoms with Gasteiger partial charge in [0.15, 0.2) is 0 Å². The van der Waals surface area contributed by atoms with Crippen LogP contribution in [0, 0.1) is 6.92 Å². The van der Waals surface area contributed by atoms with Crippen LogP contribution in [0.2, 0.25) is 0 Å². The van der Waals surface area contributed by atoms with Gasteiger partial charge in [0.1, 0.15) is 21.1 Å². The summed E-state index contributed by atoms with van der Waals surface area (Å²) in [4.78, 5) is 44.6. The molecule has 3 aromatic heterocycles. The number of likely N-dealkylation sites (tertiary alicyclic amines) is 1. The van der Waals surface area contributed by atoms with Gasteiger partial charge >= 0.3 is 5.69 Å². The zero-order chi connectivity index (χ0) is 31.6. The van der Waals surface area contributed by atoms with Crippen molar-refractivity contribution in [2.75, 3.05) is 33.4 Å². The second kappa shape index (κ2) is 14.3. The summed E-state index contributed by atoms with van der Waals surface area (Å²) in [7, 11) is 1.59. The van der Waals surface area contributed by atoms with Crippen LogP contribution in [-0.2, 0) is 28.0 Å². The number of rotatable bonds is 7. The SMILES string of the molecule is COc1ccccc1CCn1c(=O)n(C(C)(C)C(=O)N2CC(O)C2)c(=O)c2c(C)c(-n3nccn3)sc21.OC1CCOCC1.S. The molecular formula is C30H40N6O7S2. The maximum Gasteiger partial charge on any atom is 0.333 e. The van der Waals surface area contributed by atoms with Gasteiger partial charge in [-0.25, -0.2) is 9.36 Å². The fraction of sp³-hybridized carbons (Fsp3) is 0.500. The van der Waals surface area contributed by atoms with Gasteiger partial charge in [-0.2, -0.15) is 23.7 Å². The average Bonchev–Trinajstić information content (AvgIpc) is 3.64. The maximum absolute atomic E-state index is 14.0. The minimum atomic E-state index is -1.47. The van der Waals surface area contributed by atoms with E-state index in [4.69, 9.17) is 14.6 Å². The Hall–Kier alpha value is -3.50. The fourth-order valence-corrected chi connectivity index (χ4v) is 6.70. The van der Waals surface area contributed by atoms with Crippen molar-refractivity contribution in [3.63, 3.8) is 0 Å². The van der Waals surface area contributed by atoms with Gasteiger partial charge in [0.05, 0.1) is 37.1 Å². The van der Waals surface area contributed by atoms with Crippen molar-refractivity contribution >= 4 is 41.0 Å². The first-order chi connectivity index (χ1) is 21.0. The monoisotopic (exact) mass is 660 g/mol. The topological polar surface area (TPSA) is 154 Å². The molecule has 0 saturated carbocycles. The van der Waals surface area contributed by atoms with Crippen LogP contribution in [0.5, 0.6) is 5.75 Å². The van der Waals surface area contributed by atoms with Gasteiger partial charge in [-0.15, -0.1) is 4.80 Å². The second-order valence-electron chi connectivity index (χ2n) is 11.4. The number of para-hydroxylation sites is 1. The number of thiophene rings is 1. The number of β-amino-alcohol motifs (C(OH)–C–C–N with tert-alkyl or cyclic N) is 1. The summed E-state index contributed by atoms with van der Waals surface area (Å²) in [5.74, 6) is 0.310. The largest absolute Gasteiger partial charge is 0.496 e. The van der Waals surface area contributed by atoms with Gasteiger partial charge in [0, 0.05) is 38.4 Å². The van der Waals surface area contributed by atoms with Gasteiger partial charge in [0.2, 0.25) is 5.91 Å². The van der Waals surface area contributed by atoms with Crippen molar-refractivity contribution in [3.05, 3.63) is 68.6 Å². The van der Waals surface area contributed by atoms with Crippen LogP contribution in [0.15, 0.2) is 46.2 Å². The molecule has 5 heterocycles. The lowest BCUT2D eigenvalue weighted by molar-refractivity contribution is -0.149. The Bertz CT molecular complexity index is 1740. The molecule has 15 heteroatoms. The van der Waals surface area contributed by atoms with E-state index in [1.54, 1.807) is 44.8 Å². The normalized spacial score (nSPS) is 15.6. The molecule has 0 aliphatic carbocycles. The van der Waals surface area contributed by atoms with Crippen molar-refractivity contribution in [1.29, 1.82) is 0 Å². The molecule has 2 aliphatic rings. The van der Waals surface area contributed by atoms with E-state index in [0.717, 1.165) is 36.2 Å². The third-order valence-electron chi connectivity index (χ3n) is 8.01. The molecule has 4 aromatic rings. The molecular weight excluding hydrogens is 620 g/mol. The van der Waals surface area contributed by atoms with E-state index in [1.807, 2.05) is 24.3 Å². The molecule has 0 unspecified atom stereocenters. The Balaban J connectivity index is 0.000000510. The lowest BCUT2D eigenvalue weighted by atomic mass is 9.99. The predicted molar refractivity (Wildman–Crippen MR) is 175 cm³/mol. The molecule has 0 spiro atoms. The van der Waals surface area contributed by atoms with E-state index in [1.165, 1.54) is 21.0 Å². The predicted octanol–water partition coefficient (Wildman–Crippen LogP) is 1.57. The summed E-state index contributed by atoms with van der Waals surface area (Å²) in [5, 5.41) is 27.9. The summed E-state index contributed by atoms with van der Waals surface area (Å²) >= 11 is 1.26. The Morgan fingerprint density at radius 2 is 1.73 bits per heavy atom. The fourth-order valence-electron chi connectivity index (χ4n) is 5.47. The van der Waals surface area contributed by atoms with Crippen LogP contribution >= 0.6 is 24.8 Å². The second-order valence-corrected chi connectivity index (χ2v) is 12.4. The van der Waals surface area contributed by atoms with E-state index >= 15 is 0 Å². The number of methoxy groups -OCH3 is 1. The molecule has 2 fully saturated rings. The number of benzene rings is 1. The van der Waals surface area contributed by atoms with Crippen LogP contribution < -0.4 is 16.0 Å². The first-order valence-electron chi connectivity index (χ1n) is 14.6. The highest BCUT2D eigenvalue weighted by Gasteiger charge is 2.42. The van der Waals surface area contributed by atoms with Crippen LogP contribution in [0.3, 0.4) is 0 Å². The van der Waals surface area contributed by atoms with E-state index in [0.29, 0.717) is 33.0 Å². The highest BCUT2D eigenvalue weighted by molar-refractivity contribution is 7.59. The third-order valence-corrected chi connectivity index (χ3v) is 9.29. The van der Waals surface area contributed by atoms with E-state index < -0.39 is 28.8 Å². The number of hydrogen-bond donors (Lipinski definition) is 2. The molecule has 1 amide bonds. The molecule has 0 radical (unpaired) electrons. The van der Waals surface area contributed by atoms with Crippen LogP contribution in [0.4, 0.5) is 0 Å². The lowest BCUT2D eigenvalue weighted by Crippen LogP contribution is -2.62. The smallest absolute Gasteiger partial charge is 0.333 e.